The summed E-state index contributed by atoms with van der Waals surface area (Å²) in [7, 11) is 1.62. The predicted octanol–water partition coefficient (Wildman–Crippen LogP) is 1.32. The molecule has 0 aliphatic carbocycles. The molecule has 15 heavy (non-hydrogen) atoms. The summed E-state index contributed by atoms with van der Waals surface area (Å²) in [6, 6.07) is 0. The van der Waals surface area contributed by atoms with Crippen molar-refractivity contribution < 1.29 is 9.15 Å². The Morgan fingerprint density at radius 2 is 2.20 bits per heavy atom. The van der Waals surface area contributed by atoms with Gasteiger partial charge in [0, 0.05) is 20.1 Å². The van der Waals surface area contributed by atoms with E-state index in [0.29, 0.717) is 11.8 Å². The summed E-state index contributed by atoms with van der Waals surface area (Å²) >= 11 is 0. The van der Waals surface area contributed by atoms with E-state index in [1.54, 1.807) is 7.11 Å². The third-order valence-electron chi connectivity index (χ3n) is 2.13. The second-order valence-corrected chi connectivity index (χ2v) is 3.41. The van der Waals surface area contributed by atoms with Gasteiger partial charge in [-0.25, -0.2) is 0 Å². The molecule has 5 nitrogen and oxygen atoms in total. The van der Waals surface area contributed by atoms with Crippen molar-refractivity contribution in [2.45, 2.75) is 32.8 Å². The molecular formula is C10H19N3O2. The summed E-state index contributed by atoms with van der Waals surface area (Å²) in [5.74, 6) is 1.21. The van der Waals surface area contributed by atoms with Crippen molar-refractivity contribution in [3.63, 3.8) is 0 Å². The first kappa shape index (κ1) is 12.1. The number of nitrogens with one attached hydrogen (secondary N) is 1. The molecule has 86 valence electrons. The Kier molecular flexibility index (Phi) is 5.28. The zero-order valence-electron chi connectivity index (χ0n) is 9.62. The molecule has 5 heteroatoms. The number of hydrogen-bond acceptors (Lipinski definition) is 5. The second-order valence-electron chi connectivity index (χ2n) is 3.41. The van der Waals surface area contributed by atoms with E-state index in [1.165, 1.54) is 0 Å². The first-order valence-electron chi connectivity index (χ1n) is 5.33. The molecule has 0 amide bonds. The monoisotopic (exact) mass is 213 g/mol. The van der Waals surface area contributed by atoms with Crippen LogP contribution in [0.4, 0.5) is 0 Å². The topological polar surface area (TPSA) is 60.2 Å². The summed E-state index contributed by atoms with van der Waals surface area (Å²) in [6.45, 7) is 5.91. The highest BCUT2D eigenvalue weighted by Crippen LogP contribution is 2.13. The van der Waals surface area contributed by atoms with Crippen LogP contribution in [0.15, 0.2) is 4.42 Å². The van der Waals surface area contributed by atoms with E-state index in [-0.39, 0.29) is 6.10 Å². The summed E-state index contributed by atoms with van der Waals surface area (Å²) in [5, 5.41) is 11.1. The average Bonchev–Trinajstić information content (AvgIpc) is 2.72. The van der Waals surface area contributed by atoms with Crippen molar-refractivity contribution in [1.82, 2.24) is 15.5 Å². The van der Waals surface area contributed by atoms with Crippen LogP contribution in [0.1, 0.15) is 38.2 Å². The first-order chi connectivity index (χ1) is 7.27. The Labute approximate surface area is 90.2 Å². The molecule has 1 rings (SSSR count). The van der Waals surface area contributed by atoms with Crippen LogP contribution < -0.4 is 5.32 Å². The fourth-order valence-corrected chi connectivity index (χ4v) is 1.13. The highest BCUT2D eigenvalue weighted by molar-refractivity contribution is 4.85. The lowest BCUT2D eigenvalue weighted by molar-refractivity contribution is 0.0936. The van der Waals surface area contributed by atoms with Gasteiger partial charge in [-0.2, -0.15) is 0 Å². The Balaban J connectivity index is 2.33. The van der Waals surface area contributed by atoms with Crippen molar-refractivity contribution in [3.8, 4) is 0 Å². The minimum absolute atomic E-state index is 0.130. The van der Waals surface area contributed by atoms with Crippen LogP contribution in [0.3, 0.4) is 0 Å². The quantitative estimate of drug-likeness (QED) is 0.692. The molecule has 0 spiro atoms. The van der Waals surface area contributed by atoms with Crippen molar-refractivity contribution in [3.05, 3.63) is 11.8 Å². The molecule has 0 saturated carbocycles. The zero-order valence-corrected chi connectivity index (χ0v) is 9.62. The van der Waals surface area contributed by atoms with E-state index < -0.39 is 0 Å². The maximum absolute atomic E-state index is 5.43. The number of nitrogens with zero attached hydrogens (tertiary/aromatic N) is 2. The molecule has 1 heterocycles. The Hall–Kier alpha value is -0.940. The normalized spacial score (nSPS) is 13.0. The van der Waals surface area contributed by atoms with Gasteiger partial charge in [-0.15, -0.1) is 10.2 Å². The van der Waals surface area contributed by atoms with Crippen LogP contribution in [0, 0.1) is 0 Å². The van der Waals surface area contributed by atoms with Gasteiger partial charge in [0.1, 0.15) is 6.10 Å². The SMILES string of the molecule is CCCNCCc1nnc(C(C)OC)o1. The third-order valence-corrected chi connectivity index (χ3v) is 2.13. The maximum Gasteiger partial charge on any atom is 0.244 e. The number of methoxy groups -OCH3 is 1. The molecule has 1 atom stereocenters. The molecule has 0 fully saturated rings. The van der Waals surface area contributed by atoms with Crippen LogP contribution in [0.2, 0.25) is 0 Å². The molecule has 1 aromatic rings. The second kappa shape index (κ2) is 6.53. The van der Waals surface area contributed by atoms with Gasteiger partial charge in [-0.05, 0) is 19.9 Å². The number of hydrogen-bond donors (Lipinski definition) is 1. The van der Waals surface area contributed by atoms with E-state index in [1.807, 2.05) is 6.92 Å². The van der Waals surface area contributed by atoms with E-state index >= 15 is 0 Å². The van der Waals surface area contributed by atoms with Gasteiger partial charge in [0.05, 0.1) is 0 Å². The Morgan fingerprint density at radius 3 is 2.87 bits per heavy atom. The highest BCUT2D eigenvalue weighted by Gasteiger charge is 2.12. The molecule has 0 bridgehead atoms. The molecule has 0 saturated heterocycles. The molecule has 0 aliphatic heterocycles. The van der Waals surface area contributed by atoms with Gasteiger partial charge in [0.2, 0.25) is 11.8 Å². The zero-order chi connectivity index (χ0) is 11.1. The summed E-state index contributed by atoms with van der Waals surface area (Å²) in [6.07, 6.45) is 1.77. The first-order valence-corrected chi connectivity index (χ1v) is 5.33. The van der Waals surface area contributed by atoms with Crippen molar-refractivity contribution in [2.75, 3.05) is 20.2 Å². The number of aromatic nitrogens is 2. The average molecular weight is 213 g/mol. The van der Waals surface area contributed by atoms with Crippen LogP contribution in [-0.2, 0) is 11.2 Å². The fraction of sp³-hybridized carbons (Fsp3) is 0.800. The molecule has 0 aromatic carbocycles. The van der Waals surface area contributed by atoms with Crippen molar-refractivity contribution in [1.29, 1.82) is 0 Å². The van der Waals surface area contributed by atoms with Crippen molar-refractivity contribution >= 4 is 0 Å². The van der Waals surface area contributed by atoms with E-state index in [9.17, 15) is 0 Å². The Morgan fingerprint density at radius 1 is 1.40 bits per heavy atom. The van der Waals surface area contributed by atoms with Crippen LogP contribution in [0.25, 0.3) is 0 Å². The van der Waals surface area contributed by atoms with E-state index in [0.717, 1.165) is 25.9 Å². The standard InChI is InChI=1S/C10H19N3O2/c1-4-6-11-7-5-9-12-13-10(15-9)8(2)14-3/h8,11H,4-7H2,1-3H3. The fourth-order valence-electron chi connectivity index (χ4n) is 1.13. The lowest BCUT2D eigenvalue weighted by Crippen LogP contribution is -2.17. The third kappa shape index (κ3) is 3.97. The van der Waals surface area contributed by atoms with Gasteiger partial charge >= 0.3 is 0 Å². The molecule has 1 unspecified atom stereocenters. The highest BCUT2D eigenvalue weighted by atomic mass is 16.5. The number of ether oxygens (including phenoxy) is 1. The molecule has 0 aliphatic rings. The number of rotatable bonds is 7. The van der Waals surface area contributed by atoms with E-state index in [2.05, 4.69) is 22.4 Å². The minimum Gasteiger partial charge on any atom is -0.422 e. The van der Waals surface area contributed by atoms with Gasteiger partial charge in [-0.3, -0.25) is 0 Å². The van der Waals surface area contributed by atoms with Gasteiger partial charge < -0.3 is 14.5 Å². The summed E-state index contributed by atoms with van der Waals surface area (Å²) in [4.78, 5) is 0. The smallest absolute Gasteiger partial charge is 0.244 e. The van der Waals surface area contributed by atoms with Gasteiger partial charge in [0.15, 0.2) is 0 Å². The van der Waals surface area contributed by atoms with Crippen molar-refractivity contribution in [2.24, 2.45) is 0 Å². The van der Waals surface area contributed by atoms with Crippen LogP contribution >= 0.6 is 0 Å². The summed E-state index contributed by atoms with van der Waals surface area (Å²) < 4.78 is 10.5. The van der Waals surface area contributed by atoms with Gasteiger partial charge in [0.25, 0.3) is 0 Å². The molecule has 1 N–H and O–H groups in total. The summed E-state index contributed by atoms with van der Waals surface area (Å²) in [5.41, 5.74) is 0. The minimum atomic E-state index is -0.130. The maximum atomic E-state index is 5.43. The Bertz CT molecular complexity index is 275. The van der Waals surface area contributed by atoms with Crippen LogP contribution in [-0.4, -0.2) is 30.4 Å². The lowest BCUT2D eigenvalue weighted by atomic mass is 10.4. The van der Waals surface area contributed by atoms with Gasteiger partial charge in [-0.1, -0.05) is 6.92 Å². The largest absolute Gasteiger partial charge is 0.422 e. The van der Waals surface area contributed by atoms with E-state index in [4.69, 9.17) is 9.15 Å². The molecular weight excluding hydrogens is 194 g/mol. The van der Waals surface area contributed by atoms with Crippen LogP contribution in [0.5, 0.6) is 0 Å². The molecule has 1 aromatic heterocycles. The predicted molar refractivity (Wildman–Crippen MR) is 56.6 cm³/mol. The lowest BCUT2D eigenvalue weighted by Gasteiger charge is -2.02. The molecule has 0 radical (unpaired) electrons.